The van der Waals surface area contributed by atoms with Crippen molar-refractivity contribution in [2.45, 2.75) is 69.1 Å². The van der Waals surface area contributed by atoms with Crippen LogP contribution in [0.2, 0.25) is 10.0 Å². The first kappa shape index (κ1) is 38.1. The minimum atomic E-state index is -3.76. The second kappa shape index (κ2) is 17.8. The summed E-state index contributed by atoms with van der Waals surface area (Å²) in [6, 6.07) is 20.3. The lowest BCUT2D eigenvalue weighted by atomic mass is 10.1. The molecule has 0 aliphatic carbocycles. The van der Waals surface area contributed by atoms with E-state index >= 15 is 0 Å². The number of hydrogen-bond acceptors (Lipinski definition) is 9. The normalized spacial score (nSPS) is 13.0. The third-order valence-corrected chi connectivity index (χ3v) is 10.2. The topological polar surface area (TPSA) is 144 Å². The number of nitrogens with two attached hydrogens (primary N) is 1. The number of benzene rings is 3. The Morgan fingerprint density at radius 3 is 2.24 bits per heavy atom. The summed E-state index contributed by atoms with van der Waals surface area (Å²) in [5, 5.41) is 4.69. The summed E-state index contributed by atoms with van der Waals surface area (Å²) in [7, 11) is -3.76. The van der Waals surface area contributed by atoms with Gasteiger partial charge in [-0.1, -0.05) is 86.1 Å². The molecule has 1 heterocycles. The zero-order valence-corrected chi connectivity index (χ0v) is 30.8. The van der Waals surface area contributed by atoms with Crippen LogP contribution in [-0.2, 0) is 32.0 Å². The molecular weight excluding hydrogens is 710 g/mol. The number of hydrogen-bond donors (Lipinski definition) is 2. The fourth-order valence-corrected chi connectivity index (χ4v) is 8.30. The van der Waals surface area contributed by atoms with Crippen molar-refractivity contribution < 1.29 is 32.9 Å². The third-order valence-electron chi connectivity index (χ3n) is 6.96. The summed E-state index contributed by atoms with van der Waals surface area (Å²) >= 11 is 14.0. The van der Waals surface area contributed by atoms with E-state index in [0.717, 1.165) is 21.2 Å². The van der Waals surface area contributed by atoms with Gasteiger partial charge in [-0.2, -0.15) is 0 Å². The van der Waals surface area contributed by atoms with Crippen LogP contribution >= 0.6 is 42.5 Å². The van der Waals surface area contributed by atoms with Crippen molar-refractivity contribution in [3.63, 3.8) is 0 Å². The van der Waals surface area contributed by atoms with E-state index in [1.54, 1.807) is 56.3 Å². The van der Waals surface area contributed by atoms with Crippen LogP contribution < -0.4 is 20.1 Å². The highest BCUT2D eigenvalue weighted by Crippen LogP contribution is 2.44. The predicted molar refractivity (Wildman–Crippen MR) is 191 cm³/mol. The van der Waals surface area contributed by atoms with Crippen LogP contribution in [0.1, 0.15) is 57.1 Å². The Kier molecular flexibility index (Phi) is 13.9. The van der Waals surface area contributed by atoms with Crippen LogP contribution in [0.5, 0.6) is 11.5 Å². The fraction of sp³-hybridized carbons (Fsp3) is 0.324. The average Bonchev–Trinajstić information content (AvgIpc) is 3.39. The molecule has 11 nitrogen and oxygen atoms in total. The lowest BCUT2D eigenvalue weighted by Crippen LogP contribution is -2.37. The maximum absolute atomic E-state index is 14.0. The van der Waals surface area contributed by atoms with Crippen LogP contribution in [0.15, 0.2) is 82.7 Å². The highest BCUT2D eigenvalue weighted by Gasteiger charge is 2.33. The van der Waals surface area contributed by atoms with Gasteiger partial charge in [0.25, 0.3) is 0 Å². The number of halogens is 2. The molecule has 0 spiro atoms. The second-order valence-electron chi connectivity index (χ2n) is 11.1. The van der Waals surface area contributed by atoms with E-state index in [1.165, 1.54) is 11.8 Å². The highest BCUT2D eigenvalue weighted by atomic mass is 35.5. The first-order chi connectivity index (χ1) is 23.4. The molecule has 15 heteroatoms. The number of rotatable bonds is 17. The minimum Gasteiger partial charge on any atom is -0.481 e. The van der Waals surface area contributed by atoms with E-state index in [0.29, 0.717) is 40.3 Å². The van der Waals surface area contributed by atoms with Crippen LogP contribution in [0.25, 0.3) is 0 Å². The SMILES string of the molecule is CCOC(=O)[C@H](CC)NP(=O)(COc1ccc(Cn2c(COC(N)=O)nc(C(C)C)c2Sc2cc(Cl)cc(Cl)c2)cc1)Oc1ccccc1. The highest BCUT2D eigenvalue weighted by molar-refractivity contribution is 7.99. The molecule has 1 unspecified atom stereocenters. The smallest absolute Gasteiger partial charge is 0.404 e. The van der Waals surface area contributed by atoms with Gasteiger partial charge in [0.2, 0.25) is 0 Å². The number of imidazole rings is 1. The number of nitrogens with zero attached hydrogens (tertiary/aromatic N) is 2. The molecule has 49 heavy (non-hydrogen) atoms. The van der Waals surface area contributed by atoms with Gasteiger partial charge in [0.15, 0.2) is 13.0 Å². The van der Waals surface area contributed by atoms with Crippen LogP contribution in [0.4, 0.5) is 4.79 Å². The van der Waals surface area contributed by atoms with Crippen molar-refractivity contribution in [2.75, 3.05) is 13.0 Å². The standard InChI is InChI=1S/C34H39Cl2N4O7PS/c1-5-29(33(41)44-6-2)39-48(43,47-27-10-8-7-9-11-27)21-46-26-14-12-23(13-15-26)19-40-30(20-45-34(37)42)38-31(22(3)4)32(40)49-28-17-24(35)16-25(36)18-28/h7-18,22,29H,5-6,19-21H2,1-4H3,(H2,37,42)(H,39,43)/t29-,48?/m0/s1. The average molecular weight is 750 g/mol. The van der Waals surface area contributed by atoms with Crippen LogP contribution in [-0.4, -0.2) is 40.6 Å². The van der Waals surface area contributed by atoms with Gasteiger partial charge in [-0.3, -0.25) is 9.36 Å². The Morgan fingerprint density at radius 2 is 1.65 bits per heavy atom. The van der Waals surface area contributed by atoms with E-state index in [9.17, 15) is 14.2 Å². The number of carbonyl (C=O) groups excluding carboxylic acids is 2. The van der Waals surface area contributed by atoms with Gasteiger partial charge in [-0.15, -0.1) is 0 Å². The lowest BCUT2D eigenvalue weighted by molar-refractivity contribution is -0.145. The fourth-order valence-electron chi connectivity index (χ4n) is 4.66. The molecule has 1 amide bonds. The molecule has 0 saturated heterocycles. The Morgan fingerprint density at radius 1 is 0.980 bits per heavy atom. The van der Waals surface area contributed by atoms with Gasteiger partial charge in [-0.25, -0.2) is 14.9 Å². The summed E-state index contributed by atoms with van der Waals surface area (Å²) in [4.78, 5) is 29.6. The number of esters is 1. The van der Waals surface area contributed by atoms with Crippen molar-refractivity contribution >= 4 is 54.5 Å². The van der Waals surface area contributed by atoms with Crippen molar-refractivity contribution in [1.29, 1.82) is 0 Å². The maximum Gasteiger partial charge on any atom is 0.404 e. The van der Waals surface area contributed by atoms with E-state index in [2.05, 4.69) is 5.09 Å². The van der Waals surface area contributed by atoms with E-state index in [4.69, 9.17) is 52.7 Å². The molecular formula is C34H39Cl2N4O7PS. The number of ether oxygens (including phenoxy) is 3. The summed E-state index contributed by atoms with van der Waals surface area (Å²) < 4.78 is 38.1. The molecule has 3 N–H and O–H groups in total. The van der Waals surface area contributed by atoms with Crippen molar-refractivity contribution in [1.82, 2.24) is 14.6 Å². The molecule has 0 aliphatic rings. The minimum absolute atomic E-state index is 0.0417. The van der Waals surface area contributed by atoms with Crippen LogP contribution in [0.3, 0.4) is 0 Å². The van der Waals surface area contributed by atoms with E-state index in [-0.39, 0.29) is 25.5 Å². The molecule has 0 bridgehead atoms. The quantitative estimate of drug-likeness (QED) is 0.0795. The van der Waals surface area contributed by atoms with E-state index in [1.807, 2.05) is 48.7 Å². The number of aromatic nitrogens is 2. The molecule has 0 radical (unpaired) electrons. The first-order valence-corrected chi connectivity index (χ1v) is 18.9. The number of amides is 1. The number of primary amides is 1. The third kappa shape index (κ3) is 11.2. The Hall–Kier alpha value is -3.67. The molecule has 0 fully saturated rings. The second-order valence-corrected chi connectivity index (χ2v) is 15.1. The summed E-state index contributed by atoms with van der Waals surface area (Å²) in [6.07, 6.45) is -0.929. The maximum atomic E-state index is 14.0. The Balaban J connectivity index is 1.58. The monoisotopic (exact) mass is 748 g/mol. The van der Waals surface area contributed by atoms with Gasteiger partial charge in [0.05, 0.1) is 12.3 Å². The predicted octanol–water partition coefficient (Wildman–Crippen LogP) is 8.65. The Bertz CT molecular complexity index is 1750. The van der Waals surface area contributed by atoms with Gasteiger partial charge in [0.1, 0.15) is 28.4 Å². The van der Waals surface area contributed by atoms with E-state index < -0.39 is 25.6 Å². The molecule has 262 valence electrons. The van der Waals surface area contributed by atoms with Gasteiger partial charge in [-0.05, 0) is 67.3 Å². The van der Waals surface area contributed by atoms with Crippen LogP contribution in [0, 0.1) is 0 Å². The molecule has 4 rings (SSSR count). The zero-order chi connectivity index (χ0) is 35.6. The summed E-state index contributed by atoms with van der Waals surface area (Å²) in [6.45, 7) is 7.97. The number of carbonyl (C=O) groups is 2. The lowest BCUT2D eigenvalue weighted by Gasteiger charge is -2.24. The number of para-hydroxylation sites is 1. The molecule has 2 atom stereocenters. The molecule has 4 aromatic rings. The molecule has 0 aliphatic heterocycles. The summed E-state index contributed by atoms with van der Waals surface area (Å²) in [5.74, 6) is 0.820. The number of nitrogens with one attached hydrogen (secondary N) is 1. The van der Waals surface area contributed by atoms with Gasteiger partial charge >= 0.3 is 19.6 Å². The first-order valence-electron chi connectivity index (χ1n) is 15.5. The molecule has 3 aromatic carbocycles. The summed E-state index contributed by atoms with van der Waals surface area (Å²) in [5.41, 5.74) is 6.96. The zero-order valence-electron chi connectivity index (χ0n) is 27.6. The van der Waals surface area contributed by atoms with Gasteiger partial charge < -0.3 is 29.0 Å². The molecule has 1 aromatic heterocycles. The van der Waals surface area contributed by atoms with Crippen molar-refractivity contribution in [3.8, 4) is 11.5 Å². The molecule has 0 saturated carbocycles. The van der Waals surface area contributed by atoms with Gasteiger partial charge in [0, 0.05) is 21.5 Å². The van der Waals surface area contributed by atoms with Crippen molar-refractivity contribution in [2.24, 2.45) is 5.73 Å². The Labute approximate surface area is 300 Å². The van der Waals surface area contributed by atoms with Crippen molar-refractivity contribution in [3.05, 3.63) is 99.9 Å². The largest absolute Gasteiger partial charge is 0.481 e.